The standard InChI is InChI=1S/C7H11N3P/c8-11(9)10-6-7-4-2-1-3-5-7/h1-5H,6H2,(H4,8,9,10)/q+1. The fraction of sp³-hybridized carbons (Fsp3) is 0.143. The van der Waals surface area contributed by atoms with Crippen molar-refractivity contribution in [2.45, 2.75) is 6.54 Å². The number of rotatable bonds is 2. The summed E-state index contributed by atoms with van der Waals surface area (Å²) in [6.07, 6.45) is 0. The molecule has 0 aliphatic rings. The van der Waals surface area contributed by atoms with Gasteiger partial charge in [-0.1, -0.05) is 35.1 Å². The van der Waals surface area contributed by atoms with Crippen LogP contribution in [0.2, 0.25) is 0 Å². The smallest absolute Gasteiger partial charge is 0.121 e. The molecule has 4 N–H and O–H groups in total. The summed E-state index contributed by atoms with van der Waals surface area (Å²) < 4.78 is 4.02. The van der Waals surface area contributed by atoms with E-state index in [0.29, 0.717) is 6.54 Å². The predicted octanol–water partition coefficient (Wildman–Crippen LogP) is 1.60. The van der Waals surface area contributed by atoms with Gasteiger partial charge in [0.1, 0.15) is 6.54 Å². The molecule has 0 saturated heterocycles. The van der Waals surface area contributed by atoms with Crippen molar-refractivity contribution in [1.82, 2.24) is 0 Å². The highest BCUT2D eigenvalue weighted by Gasteiger charge is 1.94. The highest BCUT2D eigenvalue weighted by molar-refractivity contribution is 7.41. The largest absolute Gasteiger partial charge is 0.387 e. The summed E-state index contributed by atoms with van der Waals surface area (Å²) in [6.45, 7) is 0.625. The second-order valence-corrected chi connectivity index (χ2v) is 3.21. The Morgan fingerprint density at radius 3 is 2.36 bits per heavy atom. The third kappa shape index (κ3) is 3.23. The fourth-order valence-corrected chi connectivity index (χ4v) is 1.07. The Morgan fingerprint density at radius 2 is 1.82 bits per heavy atom. The maximum Gasteiger partial charge on any atom is 0.387 e. The molecule has 0 aromatic heterocycles. The first-order chi connectivity index (χ1) is 5.29. The van der Waals surface area contributed by atoms with Crippen LogP contribution in [-0.4, -0.2) is 0 Å². The van der Waals surface area contributed by atoms with Crippen LogP contribution in [-0.2, 0) is 6.54 Å². The SMILES string of the molecule is N[P+](N)=NCc1ccccc1. The molecule has 0 spiro atoms. The summed E-state index contributed by atoms with van der Waals surface area (Å²) in [5.41, 5.74) is 11.8. The van der Waals surface area contributed by atoms with E-state index < -0.39 is 8.01 Å². The first-order valence-electron chi connectivity index (χ1n) is 3.30. The van der Waals surface area contributed by atoms with Crippen molar-refractivity contribution >= 4 is 8.01 Å². The minimum absolute atomic E-state index is 0.625. The highest BCUT2D eigenvalue weighted by Crippen LogP contribution is 2.07. The molecule has 11 heavy (non-hydrogen) atoms. The van der Waals surface area contributed by atoms with E-state index in [1.165, 1.54) is 0 Å². The zero-order valence-corrected chi connectivity index (χ0v) is 7.04. The van der Waals surface area contributed by atoms with Crippen molar-refractivity contribution in [3.63, 3.8) is 0 Å². The molecule has 0 radical (unpaired) electrons. The van der Waals surface area contributed by atoms with E-state index in [4.69, 9.17) is 11.0 Å². The Morgan fingerprint density at radius 1 is 1.18 bits per heavy atom. The molecule has 0 fully saturated rings. The Labute approximate surface area is 67.0 Å². The van der Waals surface area contributed by atoms with Gasteiger partial charge >= 0.3 is 8.01 Å². The van der Waals surface area contributed by atoms with E-state index in [-0.39, 0.29) is 0 Å². The van der Waals surface area contributed by atoms with Gasteiger partial charge in [0, 0.05) is 0 Å². The molecule has 1 rings (SSSR count). The molecule has 0 amide bonds. The Kier molecular flexibility index (Phi) is 3.17. The third-order valence-corrected chi connectivity index (χ3v) is 1.73. The highest BCUT2D eigenvalue weighted by atomic mass is 31.1. The van der Waals surface area contributed by atoms with Crippen LogP contribution in [0.25, 0.3) is 0 Å². The monoisotopic (exact) mass is 168 g/mol. The number of hydrogen-bond donors (Lipinski definition) is 2. The van der Waals surface area contributed by atoms with Gasteiger partial charge < -0.3 is 0 Å². The average Bonchev–Trinajstić information content (AvgIpc) is 2.03. The molecular weight excluding hydrogens is 157 g/mol. The van der Waals surface area contributed by atoms with Crippen LogP contribution in [0.4, 0.5) is 0 Å². The van der Waals surface area contributed by atoms with Crippen molar-refractivity contribution in [3.8, 4) is 0 Å². The molecule has 1 aromatic rings. The van der Waals surface area contributed by atoms with Crippen LogP contribution in [0, 0.1) is 0 Å². The molecule has 0 atom stereocenters. The van der Waals surface area contributed by atoms with Gasteiger partial charge in [0.05, 0.1) is 0 Å². The molecule has 58 valence electrons. The first kappa shape index (κ1) is 8.34. The lowest BCUT2D eigenvalue weighted by Gasteiger charge is -1.89. The van der Waals surface area contributed by atoms with Crippen LogP contribution in [0.1, 0.15) is 5.56 Å². The molecule has 0 aliphatic heterocycles. The van der Waals surface area contributed by atoms with E-state index in [0.717, 1.165) is 5.56 Å². The maximum atomic E-state index is 5.32. The van der Waals surface area contributed by atoms with Gasteiger partial charge in [-0.25, -0.2) is 0 Å². The third-order valence-electron chi connectivity index (χ3n) is 1.26. The van der Waals surface area contributed by atoms with E-state index in [2.05, 4.69) is 4.74 Å². The molecule has 0 heterocycles. The van der Waals surface area contributed by atoms with Crippen molar-refractivity contribution in [3.05, 3.63) is 35.9 Å². The normalized spacial score (nSPS) is 9.27. The van der Waals surface area contributed by atoms with Crippen molar-refractivity contribution in [2.75, 3.05) is 0 Å². The van der Waals surface area contributed by atoms with Crippen molar-refractivity contribution in [2.24, 2.45) is 15.8 Å². The lowest BCUT2D eigenvalue weighted by atomic mass is 10.2. The van der Waals surface area contributed by atoms with Crippen LogP contribution in [0.3, 0.4) is 0 Å². The van der Waals surface area contributed by atoms with Crippen LogP contribution in [0.15, 0.2) is 35.1 Å². The van der Waals surface area contributed by atoms with Crippen LogP contribution < -0.4 is 11.0 Å². The first-order valence-corrected chi connectivity index (χ1v) is 4.73. The van der Waals surface area contributed by atoms with Gasteiger partial charge in [-0.3, -0.25) is 0 Å². The summed E-state index contributed by atoms with van der Waals surface area (Å²) in [5, 5.41) is 0. The number of hydrogen-bond acceptors (Lipinski definition) is 1. The molecule has 0 unspecified atom stereocenters. The van der Waals surface area contributed by atoms with Gasteiger partial charge in [0.25, 0.3) is 0 Å². The van der Waals surface area contributed by atoms with E-state index in [9.17, 15) is 0 Å². The minimum atomic E-state index is -1.10. The second-order valence-electron chi connectivity index (χ2n) is 2.17. The van der Waals surface area contributed by atoms with E-state index in [1.807, 2.05) is 30.3 Å². The van der Waals surface area contributed by atoms with Gasteiger partial charge in [-0.15, -0.1) is 11.0 Å². The van der Waals surface area contributed by atoms with Crippen LogP contribution >= 0.6 is 8.01 Å². The lowest BCUT2D eigenvalue weighted by molar-refractivity contribution is 1.09. The van der Waals surface area contributed by atoms with Gasteiger partial charge in [0.15, 0.2) is 0 Å². The Hall–Kier alpha value is -0.760. The zero-order valence-electron chi connectivity index (χ0n) is 6.14. The summed E-state index contributed by atoms with van der Waals surface area (Å²) in [7, 11) is -1.10. The van der Waals surface area contributed by atoms with E-state index >= 15 is 0 Å². The summed E-state index contributed by atoms with van der Waals surface area (Å²) in [4.78, 5) is 0. The topological polar surface area (TPSA) is 64.4 Å². The zero-order chi connectivity index (χ0) is 8.10. The summed E-state index contributed by atoms with van der Waals surface area (Å²) in [5.74, 6) is 0. The number of nitrogens with two attached hydrogens (primary N) is 2. The molecule has 4 heteroatoms. The molecule has 1 aromatic carbocycles. The van der Waals surface area contributed by atoms with Gasteiger partial charge in [-0.05, 0) is 5.56 Å². The fourth-order valence-electron chi connectivity index (χ4n) is 0.747. The average molecular weight is 168 g/mol. The van der Waals surface area contributed by atoms with Gasteiger partial charge in [0.2, 0.25) is 0 Å². The molecule has 3 nitrogen and oxygen atoms in total. The lowest BCUT2D eigenvalue weighted by Crippen LogP contribution is -1.89. The van der Waals surface area contributed by atoms with Crippen molar-refractivity contribution in [1.29, 1.82) is 0 Å². The summed E-state index contributed by atoms with van der Waals surface area (Å²) in [6, 6.07) is 9.92. The molecule has 0 saturated carbocycles. The summed E-state index contributed by atoms with van der Waals surface area (Å²) >= 11 is 0. The molecule has 0 bridgehead atoms. The van der Waals surface area contributed by atoms with Gasteiger partial charge in [-0.2, -0.15) is 0 Å². The Balaban J connectivity index is 2.59. The minimum Gasteiger partial charge on any atom is -0.121 e. The quantitative estimate of drug-likeness (QED) is 0.658. The Bertz CT molecular complexity index is 241. The van der Waals surface area contributed by atoms with Crippen LogP contribution in [0.5, 0.6) is 0 Å². The number of nitrogens with zero attached hydrogens (tertiary/aromatic N) is 1. The maximum absolute atomic E-state index is 5.32. The van der Waals surface area contributed by atoms with Crippen molar-refractivity contribution < 1.29 is 0 Å². The molecular formula is C7H11N3P+. The second kappa shape index (κ2) is 4.19. The predicted molar refractivity (Wildman–Crippen MR) is 47.9 cm³/mol. The molecule has 0 aliphatic carbocycles. The van der Waals surface area contributed by atoms with E-state index in [1.54, 1.807) is 0 Å². The number of benzene rings is 1.